The van der Waals surface area contributed by atoms with Crippen LogP contribution in [-0.4, -0.2) is 9.55 Å². The molecule has 0 amide bonds. The Balaban J connectivity index is 2.27. The molecule has 0 atom stereocenters. The molecule has 0 radical (unpaired) electrons. The van der Waals surface area contributed by atoms with Crippen LogP contribution in [0.3, 0.4) is 0 Å². The van der Waals surface area contributed by atoms with E-state index in [9.17, 15) is 9.59 Å². The van der Waals surface area contributed by atoms with Gasteiger partial charge in [-0.2, -0.15) is 0 Å². The molecule has 0 spiro atoms. The number of aromatic nitrogens is 2. The minimum absolute atomic E-state index is 0.169. The summed E-state index contributed by atoms with van der Waals surface area (Å²) in [5, 5.41) is 3.00. The largest absolute Gasteiger partial charge is 0.383 e. The lowest BCUT2D eigenvalue weighted by molar-refractivity contribution is 0.642. The summed E-state index contributed by atoms with van der Waals surface area (Å²) in [5.74, 6) is 0.169. The van der Waals surface area contributed by atoms with Gasteiger partial charge in [0.2, 0.25) is 0 Å². The van der Waals surface area contributed by atoms with Crippen LogP contribution in [0.25, 0.3) is 0 Å². The molecule has 0 fully saturated rings. The molecule has 4 N–H and O–H groups in total. The van der Waals surface area contributed by atoms with Gasteiger partial charge < -0.3 is 11.1 Å². The number of anilines is 2. The van der Waals surface area contributed by atoms with Gasteiger partial charge in [-0.25, -0.2) is 4.79 Å². The molecule has 21 heavy (non-hydrogen) atoms. The molecule has 2 aromatic rings. The molecule has 0 bridgehead atoms. The molecular formula is C14H17BrN4O2. The van der Waals surface area contributed by atoms with Gasteiger partial charge in [-0.1, -0.05) is 35.0 Å². The number of nitrogens with two attached hydrogens (primary N) is 1. The van der Waals surface area contributed by atoms with E-state index in [4.69, 9.17) is 5.73 Å². The summed E-state index contributed by atoms with van der Waals surface area (Å²) in [7, 11) is 0. The summed E-state index contributed by atoms with van der Waals surface area (Å²) >= 11 is 3.37. The van der Waals surface area contributed by atoms with Crippen LogP contribution in [0.4, 0.5) is 11.5 Å². The van der Waals surface area contributed by atoms with Crippen molar-refractivity contribution in [3.63, 3.8) is 0 Å². The van der Waals surface area contributed by atoms with Crippen molar-refractivity contribution in [2.45, 2.75) is 26.4 Å². The Morgan fingerprint density at radius 3 is 2.57 bits per heavy atom. The summed E-state index contributed by atoms with van der Waals surface area (Å²) in [6.45, 7) is 2.85. The maximum atomic E-state index is 11.9. The van der Waals surface area contributed by atoms with Crippen molar-refractivity contribution < 1.29 is 0 Å². The second-order valence-electron chi connectivity index (χ2n) is 4.65. The number of rotatable bonds is 5. The topological polar surface area (TPSA) is 92.9 Å². The van der Waals surface area contributed by atoms with E-state index in [1.54, 1.807) is 0 Å². The molecule has 2 rings (SSSR count). The van der Waals surface area contributed by atoms with Crippen molar-refractivity contribution >= 4 is 27.4 Å². The lowest BCUT2D eigenvalue weighted by atomic mass is 10.2. The minimum atomic E-state index is -0.498. The van der Waals surface area contributed by atoms with E-state index in [1.807, 2.05) is 31.2 Å². The number of aromatic amines is 1. The number of nitrogens with zero attached hydrogens (tertiary/aromatic N) is 1. The van der Waals surface area contributed by atoms with E-state index in [0.717, 1.165) is 16.5 Å². The maximum absolute atomic E-state index is 11.9. The van der Waals surface area contributed by atoms with Crippen molar-refractivity contribution in [1.82, 2.24) is 9.55 Å². The number of H-pyrrole nitrogens is 1. The van der Waals surface area contributed by atoms with E-state index >= 15 is 0 Å². The van der Waals surface area contributed by atoms with Crippen LogP contribution < -0.4 is 22.3 Å². The summed E-state index contributed by atoms with van der Waals surface area (Å²) in [4.78, 5) is 25.9. The third-order valence-corrected chi connectivity index (χ3v) is 3.60. The zero-order valence-electron chi connectivity index (χ0n) is 11.6. The Kier molecular flexibility index (Phi) is 4.85. The molecule has 1 heterocycles. The number of nitrogens with one attached hydrogen (secondary N) is 2. The van der Waals surface area contributed by atoms with Crippen LogP contribution in [0.2, 0.25) is 0 Å². The highest BCUT2D eigenvalue weighted by atomic mass is 79.9. The van der Waals surface area contributed by atoms with Gasteiger partial charge in [-0.05, 0) is 24.1 Å². The Labute approximate surface area is 130 Å². The van der Waals surface area contributed by atoms with Crippen LogP contribution in [0.15, 0.2) is 38.3 Å². The third kappa shape index (κ3) is 3.55. The first-order valence-corrected chi connectivity index (χ1v) is 7.43. The fraction of sp³-hybridized carbons (Fsp3) is 0.286. The average Bonchev–Trinajstić information content (AvgIpc) is 2.45. The Bertz CT molecular complexity index is 734. The fourth-order valence-corrected chi connectivity index (χ4v) is 2.26. The molecular weight excluding hydrogens is 336 g/mol. The standard InChI is InChI=1S/C14H17BrN4O2/c1-2-7-19-12(16)11(13(20)18-14(19)21)17-8-9-3-5-10(15)6-4-9/h3-6,17H,2,7-8,16H2,1H3,(H,18,20,21). The highest BCUT2D eigenvalue weighted by Gasteiger charge is 2.11. The maximum Gasteiger partial charge on any atom is 0.330 e. The predicted octanol–water partition coefficient (Wildman–Crippen LogP) is 1.90. The molecule has 1 aromatic heterocycles. The molecule has 0 aliphatic carbocycles. The number of hydrogen-bond donors (Lipinski definition) is 3. The monoisotopic (exact) mass is 352 g/mol. The average molecular weight is 353 g/mol. The van der Waals surface area contributed by atoms with E-state index in [0.29, 0.717) is 13.1 Å². The van der Waals surface area contributed by atoms with Crippen molar-refractivity contribution in [1.29, 1.82) is 0 Å². The molecule has 1 aromatic carbocycles. The summed E-state index contributed by atoms with van der Waals surface area (Å²) in [5.41, 5.74) is 6.19. The fourth-order valence-electron chi connectivity index (χ4n) is 2.00. The SMILES string of the molecule is CCCn1c(N)c(NCc2ccc(Br)cc2)c(=O)[nH]c1=O. The number of nitrogen functional groups attached to an aromatic ring is 1. The number of benzene rings is 1. The van der Waals surface area contributed by atoms with Gasteiger partial charge >= 0.3 is 5.69 Å². The molecule has 6 nitrogen and oxygen atoms in total. The molecule has 112 valence electrons. The quantitative estimate of drug-likeness (QED) is 0.766. The van der Waals surface area contributed by atoms with E-state index in [2.05, 4.69) is 26.2 Å². The summed E-state index contributed by atoms with van der Waals surface area (Å²) in [6, 6.07) is 7.71. The summed E-state index contributed by atoms with van der Waals surface area (Å²) < 4.78 is 2.35. The lowest BCUT2D eigenvalue weighted by Gasteiger charge is -2.13. The minimum Gasteiger partial charge on any atom is -0.383 e. The third-order valence-electron chi connectivity index (χ3n) is 3.07. The van der Waals surface area contributed by atoms with Crippen molar-refractivity contribution in [2.75, 3.05) is 11.1 Å². The Morgan fingerprint density at radius 2 is 1.95 bits per heavy atom. The van der Waals surface area contributed by atoms with Crippen LogP contribution in [0.5, 0.6) is 0 Å². The van der Waals surface area contributed by atoms with Gasteiger partial charge in [0.05, 0.1) is 0 Å². The lowest BCUT2D eigenvalue weighted by Crippen LogP contribution is -2.34. The normalized spacial score (nSPS) is 10.6. The van der Waals surface area contributed by atoms with Crippen LogP contribution >= 0.6 is 15.9 Å². The zero-order chi connectivity index (χ0) is 15.4. The molecule has 0 unspecified atom stereocenters. The van der Waals surface area contributed by atoms with Gasteiger partial charge in [-0.15, -0.1) is 0 Å². The van der Waals surface area contributed by atoms with E-state index in [-0.39, 0.29) is 11.5 Å². The molecule has 0 saturated heterocycles. The van der Waals surface area contributed by atoms with Crippen molar-refractivity contribution in [3.05, 3.63) is 55.1 Å². The first-order chi connectivity index (χ1) is 10.0. The second kappa shape index (κ2) is 6.62. The molecule has 0 saturated carbocycles. The molecule has 0 aliphatic heterocycles. The molecule has 0 aliphatic rings. The number of halogens is 1. The Morgan fingerprint density at radius 1 is 1.29 bits per heavy atom. The first-order valence-electron chi connectivity index (χ1n) is 6.63. The highest BCUT2D eigenvalue weighted by Crippen LogP contribution is 2.14. The van der Waals surface area contributed by atoms with E-state index in [1.165, 1.54) is 4.57 Å². The predicted molar refractivity (Wildman–Crippen MR) is 87.5 cm³/mol. The van der Waals surface area contributed by atoms with Gasteiger partial charge in [0.25, 0.3) is 5.56 Å². The van der Waals surface area contributed by atoms with Crippen LogP contribution in [0, 0.1) is 0 Å². The molecule has 7 heteroatoms. The van der Waals surface area contributed by atoms with Crippen molar-refractivity contribution in [3.8, 4) is 0 Å². The number of hydrogen-bond acceptors (Lipinski definition) is 4. The highest BCUT2D eigenvalue weighted by molar-refractivity contribution is 9.10. The van der Waals surface area contributed by atoms with Gasteiger partial charge in [-0.3, -0.25) is 14.3 Å². The first kappa shape index (κ1) is 15.4. The summed E-state index contributed by atoms with van der Waals surface area (Å²) in [6.07, 6.45) is 0.752. The van der Waals surface area contributed by atoms with Crippen LogP contribution in [0.1, 0.15) is 18.9 Å². The van der Waals surface area contributed by atoms with Gasteiger partial charge in [0.1, 0.15) is 11.5 Å². The van der Waals surface area contributed by atoms with Gasteiger partial charge in [0.15, 0.2) is 0 Å². The smallest absolute Gasteiger partial charge is 0.330 e. The Hall–Kier alpha value is -2.02. The zero-order valence-corrected chi connectivity index (χ0v) is 13.2. The second-order valence-corrected chi connectivity index (χ2v) is 5.57. The van der Waals surface area contributed by atoms with Crippen LogP contribution in [-0.2, 0) is 13.1 Å². The van der Waals surface area contributed by atoms with Crippen molar-refractivity contribution in [2.24, 2.45) is 0 Å². The van der Waals surface area contributed by atoms with Gasteiger partial charge in [0, 0.05) is 17.6 Å². The van der Waals surface area contributed by atoms with E-state index < -0.39 is 11.2 Å².